The van der Waals surface area contributed by atoms with E-state index >= 15 is 0 Å². The number of amides is 1. The number of primary amides is 1. The first-order valence-electron chi connectivity index (χ1n) is 8.54. The molecule has 0 bridgehead atoms. The maximum atomic E-state index is 11.8. The Labute approximate surface area is 160 Å². The van der Waals surface area contributed by atoms with E-state index in [0.717, 1.165) is 22.3 Å². The van der Waals surface area contributed by atoms with Gasteiger partial charge in [-0.15, -0.1) is 0 Å². The third-order valence-corrected chi connectivity index (χ3v) is 4.58. The van der Waals surface area contributed by atoms with Crippen molar-refractivity contribution >= 4 is 22.8 Å². The van der Waals surface area contributed by atoms with Gasteiger partial charge < -0.3 is 5.73 Å². The number of nitrogens with two attached hydrogens (primary N) is 1. The van der Waals surface area contributed by atoms with Gasteiger partial charge >= 0.3 is 0 Å². The standard InChI is InChI=1S/C21H17N5O2/c22-20(25-28)14-8-9-19-18(11-14)24-12-26(19)15-5-3-4-13(10-15)16-6-1-2-7-17(16)21(23)27/h1-12,28H,(H2,22,25)(H2,23,27). The van der Waals surface area contributed by atoms with Gasteiger partial charge in [-0.2, -0.15) is 0 Å². The van der Waals surface area contributed by atoms with Crippen LogP contribution in [0.3, 0.4) is 0 Å². The molecule has 0 saturated heterocycles. The Morgan fingerprint density at radius 1 is 1.07 bits per heavy atom. The minimum atomic E-state index is -0.471. The van der Waals surface area contributed by atoms with Crippen molar-refractivity contribution in [1.29, 1.82) is 5.41 Å². The summed E-state index contributed by atoms with van der Waals surface area (Å²) in [6.45, 7) is 0. The number of carbonyl (C=O) groups excluding carboxylic acids is 1. The fourth-order valence-electron chi connectivity index (χ4n) is 3.21. The monoisotopic (exact) mass is 371 g/mol. The van der Waals surface area contributed by atoms with Crippen molar-refractivity contribution in [3.05, 3.63) is 84.2 Å². The number of hydrogen-bond acceptors (Lipinski definition) is 4. The molecule has 138 valence electrons. The summed E-state index contributed by atoms with van der Waals surface area (Å²) in [5.74, 6) is -0.567. The number of nitrogens with zero attached hydrogens (tertiary/aromatic N) is 2. The number of hydroxylamine groups is 1. The molecule has 1 amide bonds. The third kappa shape index (κ3) is 3.00. The van der Waals surface area contributed by atoms with Crippen LogP contribution < -0.4 is 11.2 Å². The highest BCUT2D eigenvalue weighted by molar-refractivity contribution is 6.00. The van der Waals surface area contributed by atoms with Gasteiger partial charge in [0, 0.05) is 16.8 Å². The van der Waals surface area contributed by atoms with Gasteiger partial charge in [0.15, 0.2) is 0 Å². The Morgan fingerprint density at radius 3 is 2.68 bits per heavy atom. The van der Waals surface area contributed by atoms with Crippen LogP contribution in [0.25, 0.3) is 27.8 Å². The van der Waals surface area contributed by atoms with Crippen molar-refractivity contribution in [2.75, 3.05) is 0 Å². The van der Waals surface area contributed by atoms with Gasteiger partial charge in [-0.05, 0) is 47.5 Å². The smallest absolute Gasteiger partial charge is 0.249 e. The second-order valence-electron chi connectivity index (χ2n) is 6.27. The number of fused-ring (bicyclic) bond motifs is 1. The van der Waals surface area contributed by atoms with E-state index in [-0.39, 0.29) is 5.84 Å². The Bertz CT molecular complexity index is 1210. The van der Waals surface area contributed by atoms with Gasteiger partial charge in [0.1, 0.15) is 12.2 Å². The van der Waals surface area contributed by atoms with Crippen LogP contribution in [0.4, 0.5) is 0 Å². The van der Waals surface area contributed by atoms with Crippen molar-refractivity contribution in [2.45, 2.75) is 0 Å². The van der Waals surface area contributed by atoms with Crippen molar-refractivity contribution in [3.8, 4) is 16.8 Å². The fourth-order valence-corrected chi connectivity index (χ4v) is 3.21. The summed E-state index contributed by atoms with van der Waals surface area (Å²) >= 11 is 0. The van der Waals surface area contributed by atoms with E-state index in [1.807, 2.05) is 52.5 Å². The molecule has 4 rings (SSSR count). The Morgan fingerprint density at radius 2 is 1.89 bits per heavy atom. The summed E-state index contributed by atoms with van der Waals surface area (Å²) in [6, 6.07) is 20.3. The number of rotatable bonds is 4. The summed E-state index contributed by atoms with van der Waals surface area (Å²) < 4.78 is 1.92. The van der Waals surface area contributed by atoms with Crippen LogP contribution in [0.2, 0.25) is 0 Å². The van der Waals surface area contributed by atoms with Crippen LogP contribution in [0.15, 0.2) is 73.1 Å². The number of benzene rings is 3. The van der Waals surface area contributed by atoms with Gasteiger partial charge in [-0.25, -0.2) is 4.98 Å². The summed E-state index contributed by atoms with van der Waals surface area (Å²) in [7, 11) is 0. The van der Waals surface area contributed by atoms with E-state index in [9.17, 15) is 4.79 Å². The topological polar surface area (TPSA) is 117 Å². The van der Waals surface area contributed by atoms with Gasteiger partial charge in [0.05, 0.1) is 11.0 Å². The fraction of sp³-hybridized carbons (Fsp3) is 0. The Kier molecular flexibility index (Phi) is 4.35. The second kappa shape index (κ2) is 6.98. The molecule has 0 saturated carbocycles. The molecule has 4 aromatic rings. The van der Waals surface area contributed by atoms with Crippen molar-refractivity contribution < 1.29 is 10.0 Å². The average molecular weight is 371 g/mol. The van der Waals surface area contributed by atoms with Crippen LogP contribution in [-0.2, 0) is 0 Å². The summed E-state index contributed by atoms with van der Waals surface area (Å²) in [4.78, 5) is 16.2. The third-order valence-electron chi connectivity index (χ3n) is 4.58. The minimum Gasteiger partial charge on any atom is -0.366 e. The van der Waals surface area contributed by atoms with Crippen molar-refractivity contribution in [2.24, 2.45) is 5.73 Å². The molecule has 1 aromatic heterocycles. The normalized spacial score (nSPS) is 10.8. The second-order valence-corrected chi connectivity index (χ2v) is 6.27. The van der Waals surface area contributed by atoms with Crippen LogP contribution in [0.1, 0.15) is 15.9 Å². The molecule has 3 aromatic carbocycles. The first-order valence-corrected chi connectivity index (χ1v) is 8.54. The lowest BCUT2D eigenvalue weighted by Crippen LogP contribution is -2.18. The number of aromatic nitrogens is 2. The van der Waals surface area contributed by atoms with Crippen LogP contribution in [-0.4, -0.2) is 26.5 Å². The number of amidine groups is 1. The Balaban J connectivity index is 1.81. The lowest BCUT2D eigenvalue weighted by atomic mass is 9.99. The van der Waals surface area contributed by atoms with E-state index in [2.05, 4.69) is 4.98 Å². The highest BCUT2D eigenvalue weighted by atomic mass is 16.5. The molecule has 0 aliphatic heterocycles. The van der Waals surface area contributed by atoms with Gasteiger partial charge in [-0.1, -0.05) is 30.3 Å². The first kappa shape index (κ1) is 17.4. The molecule has 0 fully saturated rings. The summed E-state index contributed by atoms with van der Waals surface area (Å²) in [6.07, 6.45) is 1.70. The minimum absolute atomic E-state index is 0.0958. The van der Waals surface area contributed by atoms with E-state index in [4.69, 9.17) is 16.4 Å². The maximum absolute atomic E-state index is 11.8. The molecule has 0 aliphatic carbocycles. The average Bonchev–Trinajstić information content (AvgIpc) is 3.16. The largest absolute Gasteiger partial charge is 0.366 e. The van der Waals surface area contributed by atoms with E-state index in [0.29, 0.717) is 16.6 Å². The van der Waals surface area contributed by atoms with Crippen molar-refractivity contribution in [1.82, 2.24) is 15.0 Å². The highest BCUT2D eigenvalue weighted by Gasteiger charge is 2.12. The number of imidazole rings is 1. The van der Waals surface area contributed by atoms with Gasteiger partial charge in [0.2, 0.25) is 5.91 Å². The van der Waals surface area contributed by atoms with Gasteiger partial charge in [-0.3, -0.25) is 25.5 Å². The lowest BCUT2D eigenvalue weighted by Gasteiger charge is -2.10. The highest BCUT2D eigenvalue weighted by Crippen LogP contribution is 2.27. The zero-order valence-electron chi connectivity index (χ0n) is 14.8. The molecular weight excluding hydrogens is 354 g/mol. The summed E-state index contributed by atoms with van der Waals surface area (Å²) in [5.41, 5.74) is 12.4. The molecule has 0 atom stereocenters. The van der Waals surface area contributed by atoms with E-state index in [1.165, 1.54) is 0 Å². The molecule has 0 radical (unpaired) electrons. The SMILES string of the molecule is N=C(NO)c1ccc2c(c1)ncn2-c1cccc(-c2ccccc2C(N)=O)c1. The zero-order chi connectivity index (χ0) is 19.7. The first-order chi connectivity index (χ1) is 13.6. The molecule has 7 heteroatoms. The van der Waals surface area contributed by atoms with Crippen molar-refractivity contribution in [3.63, 3.8) is 0 Å². The predicted molar refractivity (Wildman–Crippen MR) is 107 cm³/mol. The molecular formula is C21H17N5O2. The molecule has 7 nitrogen and oxygen atoms in total. The number of hydrogen-bond donors (Lipinski definition) is 4. The quantitative estimate of drug-likeness (QED) is 0.250. The van der Waals surface area contributed by atoms with Crippen LogP contribution in [0.5, 0.6) is 0 Å². The molecule has 5 N–H and O–H groups in total. The summed E-state index contributed by atoms with van der Waals surface area (Å²) in [5, 5.41) is 16.6. The van der Waals surface area contributed by atoms with Gasteiger partial charge in [0.25, 0.3) is 0 Å². The lowest BCUT2D eigenvalue weighted by molar-refractivity contribution is 0.100. The van der Waals surface area contributed by atoms with Crippen LogP contribution >= 0.6 is 0 Å². The molecule has 0 unspecified atom stereocenters. The molecule has 0 spiro atoms. The molecule has 1 heterocycles. The zero-order valence-corrected chi connectivity index (χ0v) is 14.8. The Hall–Kier alpha value is -3.97. The number of nitrogens with one attached hydrogen (secondary N) is 2. The van der Waals surface area contributed by atoms with E-state index in [1.54, 1.807) is 30.6 Å². The predicted octanol–water partition coefficient (Wildman–Crippen LogP) is 3.10. The number of carbonyl (C=O) groups is 1. The molecule has 28 heavy (non-hydrogen) atoms. The van der Waals surface area contributed by atoms with E-state index < -0.39 is 5.91 Å². The molecule has 0 aliphatic rings. The van der Waals surface area contributed by atoms with Crippen LogP contribution in [0, 0.1) is 5.41 Å². The maximum Gasteiger partial charge on any atom is 0.249 e.